The van der Waals surface area contributed by atoms with E-state index in [1.54, 1.807) is 17.0 Å². The fraction of sp³-hybridized carbons (Fsp3) is 0.615. The van der Waals surface area contributed by atoms with Gasteiger partial charge in [-0.2, -0.15) is 0 Å². The highest BCUT2D eigenvalue weighted by molar-refractivity contribution is 5.79. The highest BCUT2D eigenvalue weighted by Crippen LogP contribution is 2.33. The van der Waals surface area contributed by atoms with Crippen molar-refractivity contribution >= 4 is 11.7 Å². The number of amidine groups is 1. The van der Waals surface area contributed by atoms with Crippen LogP contribution in [0.4, 0.5) is 5.82 Å². The fourth-order valence-electron chi connectivity index (χ4n) is 2.67. The number of nitrogens with one attached hydrogen (secondary N) is 1. The first-order valence-electron chi connectivity index (χ1n) is 6.83. The lowest BCUT2D eigenvalue weighted by Gasteiger charge is -2.31. The monoisotopic (exact) mass is 261 g/mol. The van der Waals surface area contributed by atoms with Gasteiger partial charge < -0.3 is 15.2 Å². The first-order chi connectivity index (χ1) is 9.16. The zero-order chi connectivity index (χ0) is 13.4. The van der Waals surface area contributed by atoms with Crippen molar-refractivity contribution in [3.63, 3.8) is 0 Å². The van der Waals surface area contributed by atoms with Crippen LogP contribution in [0.5, 0.6) is 0 Å². The Morgan fingerprint density at radius 2 is 2.00 bits per heavy atom. The smallest absolute Gasteiger partial charge is 0.293 e. The molecule has 2 heterocycles. The highest BCUT2D eigenvalue weighted by atomic mass is 16.1. The third kappa shape index (κ3) is 2.34. The predicted octanol–water partition coefficient (Wildman–Crippen LogP) is 0.731. The van der Waals surface area contributed by atoms with Crippen molar-refractivity contribution in [1.82, 2.24) is 9.55 Å². The molecule has 0 atom stereocenters. The van der Waals surface area contributed by atoms with Crippen LogP contribution >= 0.6 is 0 Å². The summed E-state index contributed by atoms with van der Waals surface area (Å²) in [4.78, 5) is 18.6. The van der Waals surface area contributed by atoms with E-state index in [1.807, 2.05) is 4.90 Å². The topological polar surface area (TPSA) is 88.0 Å². The van der Waals surface area contributed by atoms with Crippen molar-refractivity contribution in [1.29, 1.82) is 5.41 Å². The summed E-state index contributed by atoms with van der Waals surface area (Å²) in [6, 6.07) is 0.379. The number of piperidine rings is 1. The molecule has 1 saturated heterocycles. The van der Waals surface area contributed by atoms with Crippen LogP contribution in [-0.4, -0.2) is 28.5 Å². The van der Waals surface area contributed by atoms with Crippen LogP contribution in [0, 0.1) is 11.3 Å². The molecule has 19 heavy (non-hydrogen) atoms. The number of nitrogens with two attached hydrogens (primary N) is 1. The van der Waals surface area contributed by atoms with E-state index in [0.717, 1.165) is 38.8 Å². The zero-order valence-corrected chi connectivity index (χ0v) is 10.9. The molecule has 6 nitrogen and oxygen atoms in total. The van der Waals surface area contributed by atoms with Gasteiger partial charge in [-0.25, -0.2) is 4.98 Å². The summed E-state index contributed by atoms with van der Waals surface area (Å²) >= 11 is 0. The lowest BCUT2D eigenvalue weighted by Crippen LogP contribution is -2.41. The van der Waals surface area contributed by atoms with Crippen molar-refractivity contribution < 1.29 is 0 Å². The van der Waals surface area contributed by atoms with Crippen molar-refractivity contribution in [3.8, 4) is 0 Å². The molecule has 2 aliphatic rings. The lowest BCUT2D eigenvalue weighted by molar-refractivity contribution is 0.492. The van der Waals surface area contributed by atoms with Gasteiger partial charge in [0, 0.05) is 37.4 Å². The van der Waals surface area contributed by atoms with Gasteiger partial charge in [-0.15, -0.1) is 0 Å². The van der Waals surface area contributed by atoms with Crippen LogP contribution < -0.4 is 16.2 Å². The van der Waals surface area contributed by atoms with Crippen molar-refractivity contribution in [2.45, 2.75) is 31.7 Å². The molecule has 1 aliphatic carbocycles. The van der Waals surface area contributed by atoms with Crippen LogP contribution in [0.3, 0.4) is 0 Å². The minimum Gasteiger partial charge on any atom is -0.387 e. The molecule has 1 aromatic rings. The summed E-state index contributed by atoms with van der Waals surface area (Å²) < 4.78 is 1.80. The van der Waals surface area contributed by atoms with Crippen LogP contribution in [0.1, 0.15) is 31.7 Å². The van der Waals surface area contributed by atoms with Gasteiger partial charge in [-0.1, -0.05) is 0 Å². The molecule has 3 rings (SSSR count). The number of aromatic nitrogens is 2. The summed E-state index contributed by atoms with van der Waals surface area (Å²) in [5.74, 6) is 0.970. The Balaban J connectivity index is 1.78. The molecule has 0 amide bonds. The van der Waals surface area contributed by atoms with Crippen molar-refractivity contribution in [2.75, 3.05) is 18.0 Å². The third-order valence-corrected chi connectivity index (χ3v) is 4.02. The van der Waals surface area contributed by atoms with Gasteiger partial charge in [0.25, 0.3) is 5.56 Å². The van der Waals surface area contributed by atoms with E-state index < -0.39 is 0 Å². The molecular weight excluding hydrogens is 242 g/mol. The average molecular weight is 261 g/mol. The molecule has 0 bridgehead atoms. The van der Waals surface area contributed by atoms with E-state index in [4.69, 9.17) is 11.1 Å². The van der Waals surface area contributed by atoms with Crippen molar-refractivity contribution in [3.05, 3.63) is 22.7 Å². The maximum atomic E-state index is 12.4. The molecule has 1 aromatic heterocycles. The fourth-order valence-corrected chi connectivity index (χ4v) is 2.67. The number of anilines is 1. The summed E-state index contributed by atoms with van der Waals surface area (Å²) in [5, 5.41) is 7.48. The van der Waals surface area contributed by atoms with E-state index in [-0.39, 0.29) is 17.3 Å². The maximum absolute atomic E-state index is 12.4. The van der Waals surface area contributed by atoms with E-state index in [0.29, 0.717) is 11.9 Å². The van der Waals surface area contributed by atoms with Gasteiger partial charge in [0.2, 0.25) is 0 Å². The average Bonchev–Trinajstić information content (AvgIpc) is 3.23. The Labute approximate surface area is 111 Å². The molecule has 102 valence electrons. The summed E-state index contributed by atoms with van der Waals surface area (Å²) in [5.41, 5.74) is 5.56. The minimum atomic E-state index is 0.0197. The molecule has 0 aromatic carbocycles. The van der Waals surface area contributed by atoms with Crippen LogP contribution in [0.25, 0.3) is 0 Å². The van der Waals surface area contributed by atoms with E-state index in [2.05, 4.69) is 4.98 Å². The maximum Gasteiger partial charge on any atom is 0.293 e. The summed E-state index contributed by atoms with van der Waals surface area (Å²) in [6.45, 7) is 1.50. The Morgan fingerprint density at radius 3 is 2.58 bits per heavy atom. The quantitative estimate of drug-likeness (QED) is 0.620. The molecule has 1 saturated carbocycles. The summed E-state index contributed by atoms with van der Waals surface area (Å²) in [6.07, 6.45) is 7.34. The Morgan fingerprint density at radius 1 is 1.32 bits per heavy atom. The van der Waals surface area contributed by atoms with Gasteiger partial charge in [0.15, 0.2) is 5.82 Å². The third-order valence-electron chi connectivity index (χ3n) is 4.02. The number of rotatable bonds is 3. The molecule has 1 aliphatic heterocycles. The molecule has 0 radical (unpaired) electrons. The minimum absolute atomic E-state index is 0.0197. The normalized spacial score (nSPS) is 20.5. The number of hydrogen-bond acceptors (Lipinski definition) is 4. The summed E-state index contributed by atoms with van der Waals surface area (Å²) in [7, 11) is 0. The first-order valence-corrected chi connectivity index (χ1v) is 6.83. The Kier molecular flexibility index (Phi) is 3.00. The molecule has 2 fully saturated rings. The van der Waals surface area contributed by atoms with Crippen LogP contribution in [0.2, 0.25) is 0 Å². The highest BCUT2D eigenvalue weighted by Gasteiger charge is 2.28. The van der Waals surface area contributed by atoms with Crippen LogP contribution in [0.15, 0.2) is 17.2 Å². The van der Waals surface area contributed by atoms with Gasteiger partial charge in [0.05, 0.1) is 5.84 Å². The van der Waals surface area contributed by atoms with Crippen LogP contribution in [-0.2, 0) is 0 Å². The molecular formula is C13H19N5O. The molecule has 0 unspecified atom stereocenters. The van der Waals surface area contributed by atoms with Gasteiger partial charge in [0.1, 0.15) is 0 Å². The van der Waals surface area contributed by atoms with E-state index in [9.17, 15) is 4.79 Å². The van der Waals surface area contributed by atoms with E-state index >= 15 is 0 Å². The largest absolute Gasteiger partial charge is 0.387 e. The van der Waals surface area contributed by atoms with Gasteiger partial charge in [-0.05, 0) is 25.7 Å². The lowest BCUT2D eigenvalue weighted by atomic mass is 9.96. The molecule has 0 spiro atoms. The Hall–Kier alpha value is -1.85. The van der Waals surface area contributed by atoms with Gasteiger partial charge >= 0.3 is 0 Å². The predicted molar refractivity (Wildman–Crippen MR) is 73.6 cm³/mol. The molecule has 6 heteroatoms. The number of hydrogen-bond donors (Lipinski definition) is 2. The standard InChI is InChI=1S/C13H19N5O/c14-11(15)9-3-6-17(7-4-9)12-13(19)18(8-5-16-12)10-1-2-10/h5,8-10H,1-4,6-7H2,(H3,14,15). The number of nitrogens with zero attached hydrogens (tertiary/aromatic N) is 3. The second kappa shape index (κ2) is 4.68. The van der Waals surface area contributed by atoms with Gasteiger partial charge in [-0.3, -0.25) is 10.2 Å². The second-order valence-electron chi connectivity index (χ2n) is 5.41. The zero-order valence-electron chi connectivity index (χ0n) is 10.9. The SMILES string of the molecule is N=C(N)C1CCN(c2nccn(C3CC3)c2=O)CC1. The van der Waals surface area contributed by atoms with E-state index in [1.165, 1.54) is 0 Å². The Bertz CT molecular complexity index is 540. The first kappa shape index (κ1) is 12.2. The molecule has 3 N–H and O–H groups in total. The second-order valence-corrected chi connectivity index (χ2v) is 5.41. The van der Waals surface area contributed by atoms with Crippen molar-refractivity contribution in [2.24, 2.45) is 11.7 Å².